The van der Waals surface area contributed by atoms with Crippen molar-refractivity contribution in [2.75, 3.05) is 0 Å². The summed E-state index contributed by atoms with van der Waals surface area (Å²) in [6, 6.07) is 6.23. The van der Waals surface area contributed by atoms with Crippen LogP contribution in [-0.2, 0) is 12.8 Å². The van der Waals surface area contributed by atoms with Crippen molar-refractivity contribution < 1.29 is 0 Å². The Hall–Kier alpha value is -0.490. The van der Waals surface area contributed by atoms with Gasteiger partial charge in [-0.25, -0.2) is 0 Å². The van der Waals surface area contributed by atoms with E-state index in [1.165, 1.54) is 36.8 Å². The van der Waals surface area contributed by atoms with E-state index in [-0.39, 0.29) is 0 Å². The van der Waals surface area contributed by atoms with Crippen molar-refractivity contribution in [3.05, 3.63) is 34.3 Å². The molecule has 0 saturated carbocycles. The predicted molar refractivity (Wildman–Crippen MR) is 48.1 cm³/mol. The van der Waals surface area contributed by atoms with E-state index >= 15 is 0 Å². The van der Waals surface area contributed by atoms with Crippen LogP contribution in [0.3, 0.4) is 0 Å². The first kappa shape index (κ1) is 7.17. The fourth-order valence-corrected chi connectivity index (χ4v) is 2.02. The van der Waals surface area contributed by atoms with Crippen LogP contribution in [0.4, 0.5) is 0 Å². The molecule has 0 fully saturated rings. The molecule has 1 aliphatic rings. The number of rotatable bonds is 0. The number of halogens is 1. The van der Waals surface area contributed by atoms with E-state index in [2.05, 4.69) is 6.07 Å². The molecule has 0 nitrogen and oxygen atoms in total. The summed E-state index contributed by atoms with van der Waals surface area (Å²) < 4.78 is 0. The van der Waals surface area contributed by atoms with Crippen LogP contribution < -0.4 is 0 Å². The molecule has 1 aliphatic carbocycles. The molecule has 0 aromatic heterocycles. The molecule has 0 aliphatic heterocycles. The zero-order valence-electron chi connectivity index (χ0n) is 6.44. The van der Waals surface area contributed by atoms with Crippen LogP contribution in [-0.4, -0.2) is 0 Å². The fraction of sp³-hybridized carbons (Fsp3) is 0.400. The molecule has 0 atom stereocenters. The molecule has 1 aromatic rings. The summed E-state index contributed by atoms with van der Waals surface area (Å²) in [6.07, 6.45) is 5.02. The maximum atomic E-state index is 6.04. The second kappa shape index (κ2) is 2.86. The smallest absolute Gasteiger partial charge is 0.0440 e. The monoisotopic (exact) mass is 166 g/mol. The minimum Gasteiger partial charge on any atom is -0.0840 e. The molecule has 0 saturated heterocycles. The Bertz CT molecular complexity index is 266. The van der Waals surface area contributed by atoms with Crippen LogP contribution >= 0.6 is 11.6 Å². The average Bonchev–Trinajstić information content (AvgIpc) is 2.06. The Kier molecular flexibility index (Phi) is 1.87. The minimum absolute atomic E-state index is 0.960. The van der Waals surface area contributed by atoms with Gasteiger partial charge >= 0.3 is 0 Å². The van der Waals surface area contributed by atoms with Crippen LogP contribution in [0.15, 0.2) is 18.2 Å². The number of hydrogen-bond donors (Lipinski definition) is 0. The van der Waals surface area contributed by atoms with Gasteiger partial charge in [-0.2, -0.15) is 0 Å². The lowest BCUT2D eigenvalue weighted by Crippen LogP contribution is -2.02. The van der Waals surface area contributed by atoms with E-state index in [4.69, 9.17) is 11.6 Å². The van der Waals surface area contributed by atoms with Crippen molar-refractivity contribution in [2.45, 2.75) is 25.7 Å². The van der Waals surface area contributed by atoms with Gasteiger partial charge in [0.15, 0.2) is 0 Å². The van der Waals surface area contributed by atoms with Crippen LogP contribution in [0, 0.1) is 0 Å². The van der Waals surface area contributed by atoms with Crippen LogP contribution in [0.5, 0.6) is 0 Å². The van der Waals surface area contributed by atoms with Crippen molar-refractivity contribution in [1.82, 2.24) is 0 Å². The Morgan fingerprint density at radius 2 is 1.91 bits per heavy atom. The van der Waals surface area contributed by atoms with E-state index in [9.17, 15) is 0 Å². The summed E-state index contributed by atoms with van der Waals surface area (Å²) in [5.41, 5.74) is 2.85. The minimum atomic E-state index is 0.960. The molecule has 1 heteroatoms. The van der Waals surface area contributed by atoms with Crippen molar-refractivity contribution in [3.8, 4) is 0 Å². The maximum absolute atomic E-state index is 6.04. The molecule has 0 spiro atoms. The van der Waals surface area contributed by atoms with Gasteiger partial charge in [0.25, 0.3) is 0 Å². The van der Waals surface area contributed by atoms with Gasteiger partial charge in [0.1, 0.15) is 0 Å². The highest BCUT2D eigenvalue weighted by Crippen LogP contribution is 2.27. The largest absolute Gasteiger partial charge is 0.0840 e. The summed E-state index contributed by atoms with van der Waals surface area (Å²) >= 11 is 6.04. The zero-order valence-corrected chi connectivity index (χ0v) is 7.19. The standard InChI is InChI=1S/C10H11Cl/c11-10-7-3-5-8-4-1-2-6-9(8)10/h3,5,7H,1-2,4,6H2. The molecule has 0 bridgehead atoms. The fourth-order valence-electron chi connectivity index (χ4n) is 1.73. The Balaban J connectivity index is 2.49. The van der Waals surface area contributed by atoms with Gasteiger partial charge in [0, 0.05) is 5.02 Å². The van der Waals surface area contributed by atoms with Gasteiger partial charge in [-0.1, -0.05) is 23.7 Å². The third-order valence-electron chi connectivity index (χ3n) is 2.34. The van der Waals surface area contributed by atoms with Crippen molar-refractivity contribution in [2.24, 2.45) is 0 Å². The number of aryl methyl sites for hydroxylation is 1. The number of benzene rings is 1. The van der Waals surface area contributed by atoms with Gasteiger partial charge in [-0.05, 0) is 42.9 Å². The first-order valence-electron chi connectivity index (χ1n) is 4.14. The molecule has 0 unspecified atom stereocenters. The van der Waals surface area contributed by atoms with E-state index in [0.29, 0.717) is 0 Å². The molecule has 2 rings (SSSR count). The van der Waals surface area contributed by atoms with Gasteiger partial charge in [-0.3, -0.25) is 0 Å². The highest BCUT2D eigenvalue weighted by Gasteiger charge is 2.10. The van der Waals surface area contributed by atoms with E-state index in [1.807, 2.05) is 12.1 Å². The summed E-state index contributed by atoms with van der Waals surface area (Å²) in [5.74, 6) is 0. The maximum Gasteiger partial charge on any atom is 0.0440 e. The first-order valence-corrected chi connectivity index (χ1v) is 4.52. The van der Waals surface area contributed by atoms with Gasteiger partial charge < -0.3 is 0 Å². The summed E-state index contributed by atoms with van der Waals surface area (Å²) in [5, 5.41) is 0.960. The number of hydrogen-bond acceptors (Lipinski definition) is 0. The first-order chi connectivity index (χ1) is 5.38. The quantitative estimate of drug-likeness (QED) is 0.555. The molecule has 11 heavy (non-hydrogen) atoms. The molecule has 0 radical (unpaired) electrons. The van der Waals surface area contributed by atoms with Gasteiger partial charge in [0.05, 0.1) is 0 Å². The highest BCUT2D eigenvalue weighted by atomic mass is 35.5. The molecular weight excluding hydrogens is 156 g/mol. The van der Waals surface area contributed by atoms with Gasteiger partial charge in [0.2, 0.25) is 0 Å². The van der Waals surface area contributed by atoms with Crippen molar-refractivity contribution >= 4 is 11.6 Å². The second-order valence-corrected chi connectivity index (χ2v) is 3.49. The van der Waals surface area contributed by atoms with E-state index in [0.717, 1.165) is 5.02 Å². The van der Waals surface area contributed by atoms with E-state index < -0.39 is 0 Å². The third-order valence-corrected chi connectivity index (χ3v) is 2.69. The Morgan fingerprint density at radius 3 is 2.73 bits per heavy atom. The lowest BCUT2D eigenvalue weighted by atomic mass is 9.92. The third kappa shape index (κ3) is 1.28. The molecular formula is C10H11Cl. The Morgan fingerprint density at radius 1 is 1.09 bits per heavy atom. The molecule has 0 heterocycles. The van der Waals surface area contributed by atoms with Crippen LogP contribution in [0.1, 0.15) is 24.0 Å². The van der Waals surface area contributed by atoms with Crippen molar-refractivity contribution in [3.63, 3.8) is 0 Å². The molecule has 0 N–H and O–H groups in total. The molecule has 1 aromatic carbocycles. The molecule has 0 amide bonds. The van der Waals surface area contributed by atoms with Crippen LogP contribution in [0.2, 0.25) is 5.02 Å². The summed E-state index contributed by atoms with van der Waals surface area (Å²) in [6.45, 7) is 0. The lowest BCUT2D eigenvalue weighted by molar-refractivity contribution is 0.686. The Labute approximate surface area is 72.2 Å². The SMILES string of the molecule is Clc1cccc2c1CCCC2. The second-order valence-electron chi connectivity index (χ2n) is 3.08. The summed E-state index contributed by atoms with van der Waals surface area (Å²) in [7, 11) is 0. The topological polar surface area (TPSA) is 0 Å². The van der Waals surface area contributed by atoms with E-state index in [1.54, 1.807) is 0 Å². The summed E-state index contributed by atoms with van der Waals surface area (Å²) in [4.78, 5) is 0. The average molecular weight is 167 g/mol. The van der Waals surface area contributed by atoms with Gasteiger partial charge in [-0.15, -0.1) is 0 Å². The van der Waals surface area contributed by atoms with Crippen molar-refractivity contribution in [1.29, 1.82) is 0 Å². The number of fused-ring (bicyclic) bond motifs is 1. The zero-order chi connectivity index (χ0) is 7.68. The highest BCUT2D eigenvalue weighted by molar-refractivity contribution is 6.31. The normalized spacial score (nSPS) is 16.1. The lowest BCUT2D eigenvalue weighted by Gasteiger charge is -2.15. The van der Waals surface area contributed by atoms with Crippen LogP contribution in [0.25, 0.3) is 0 Å². The predicted octanol–water partition coefficient (Wildman–Crippen LogP) is 3.22. The molecule has 58 valence electrons.